The van der Waals surface area contributed by atoms with E-state index in [1.807, 2.05) is 5.38 Å². The molecular formula is C18H18N4O5S. The third kappa shape index (κ3) is 3.81. The molecule has 0 saturated heterocycles. The van der Waals surface area contributed by atoms with Gasteiger partial charge in [-0.3, -0.25) is 9.59 Å². The number of amides is 1. The smallest absolute Gasteiger partial charge is 0.282 e. The SMILES string of the molecule is COc1cc(C=Nn2c(C)nc3sccc3c2=O)cc(OC)c1OCC(N)=O. The van der Waals surface area contributed by atoms with Gasteiger partial charge in [0.25, 0.3) is 11.5 Å². The lowest BCUT2D eigenvalue weighted by Crippen LogP contribution is -2.20. The number of nitrogens with two attached hydrogens (primary N) is 1. The van der Waals surface area contributed by atoms with Crippen LogP contribution in [0.25, 0.3) is 10.2 Å². The van der Waals surface area contributed by atoms with Crippen LogP contribution in [-0.2, 0) is 4.79 Å². The van der Waals surface area contributed by atoms with Crippen molar-refractivity contribution < 1.29 is 19.0 Å². The highest BCUT2D eigenvalue weighted by atomic mass is 32.1. The molecule has 0 radical (unpaired) electrons. The molecule has 146 valence electrons. The fourth-order valence-corrected chi connectivity index (χ4v) is 3.33. The summed E-state index contributed by atoms with van der Waals surface area (Å²) in [6, 6.07) is 5.00. The van der Waals surface area contributed by atoms with Crippen molar-refractivity contribution in [1.29, 1.82) is 0 Å². The molecule has 0 atom stereocenters. The molecule has 0 fully saturated rings. The monoisotopic (exact) mass is 402 g/mol. The molecule has 3 aromatic rings. The number of fused-ring (bicyclic) bond motifs is 1. The topological polar surface area (TPSA) is 118 Å². The Kier molecular flexibility index (Phi) is 5.59. The normalized spacial score (nSPS) is 11.1. The van der Waals surface area contributed by atoms with Gasteiger partial charge in [0.05, 0.1) is 25.8 Å². The van der Waals surface area contributed by atoms with Gasteiger partial charge in [-0.2, -0.15) is 9.78 Å². The van der Waals surface area contributed by atoms with E-state index in [2.05, 4.69) is 10.1 Å². The third-order valence-corrected chi connectivity index (χ3v) is 4.61. The van der Waals surface area contributed by atoms with Crippen molar-refractivity contribution in [2.45, 2.75) is 6.92 Å². The van der Waals surface area contributed by atoms with Crippen molar-refractivity contribution in [3.8, 4) is 17.2 Å². The molecule has 0 aliphatic rings. The standard InChI is InChI=1S/C18H18N4O5S/c1-10-21-17-12(4-5-28-17)18(24)22(10)20-8-11-6-13(25-2)16(14(7-11)26-3)27-9-15(19)23/h4-8H,9H2,1-3H3,(H2,19,23). The largest absolute Gasteiger partial charge is 0.493 e. The number of ether oxygens (including phenoxy) is 3. The average molecular weight is 402 g/mol. The number of carbonyl (C=O) groups is 1. The zero-order valence-electron chi connectivity index (χ0n) is 15.5. The first-order chi connectivity index (χ1) is 13.4. The molecule has 1 amide bonds. The van der Waals surface area contributed by atoms with Crippen LogP contribution < -0.4 is 25.5 Å². The van der Waals surface area contributed by atoms with Gasteiger partial charge in [-0.25, -0.2) is 4.98 Å². The number of primary amides is 1. The molecule has 28 heavy (non-hydrogen) atoms. The third-order valence-electron chi connectivity index (χ3n) is 3.80. The number of methoxy groups -OCH3 is 2. The minimum Gasteiger partial charge on any atom is -0.493 e. The number of hydrogen-bond donors (Lipinski definition) is 1. The van der Waals surface area contributed by atoms with Crippen LogP contribution in [0.1, 0.15) is 11.4 Å². The molecule has 9 nitrogen and oxygen atoms in total. The van der Waals surface area contributed by atoms with Gasteiger partial charge < -0.3 is 19.9 Å². The van der Waals surface area contributed by atoms with Crippen LogP contribution in [0.4, 0.5) is 0 Å². The molecule has 1 aromatic carbocycles. The maximum Gasteiger partial charge on any atom is 0.282 e. The second-order valence-electron chi connectivity index (χ2n) is 5.67. The Labute approximate surface area is 164 Å². The van der Waals surface area contributed by atoms with Crippen molar-refractivity contribution in [3.63, 3.8) is 0 Å². The maximum absolute atomic E-state index is 12.6. The minimum atomic E-state index is -0.624. The van der Waals surface area contributed by atoms with Gasteiger partial charge >= 0.3 is 0 Å². The molecular weight excluding hydrogens is 384 g/mol. The summed E-state index contributed by atoms with van der Waals surface area (Å²) in [7, 11) is 2.91. The molecule has 2 heterocycles. The molecule has 2 N–H and O–H groups in total. The molecule has 10 heteroatoms. The van der Waals surface area contributed by atoms with E-state index >= 15 is 0 Å². The lowest BCUT2D eigenvalue weighted by molar-refractivity contribution is -0.119. The summed E-state index contributed by atoms with van der Waals surface area (Å²) in [6.07, 6.45) is 1.48. The van der Waals surface area contributed by atoms with Gasteiger partial charge in [0.2, 0.25) is 5.75 Å². The van der Waals surface area contributed by atoms with Crippen molar-refractivity contribution in [3.05, 3.63) is 45.3 Å². The van der Waals surface area contributed by atoms with Crippen LogP contribution in [-0.4, -0.2) is 42.6 Å². The van der Waals surface area contributed by atoms with E-state index in [1.54, 1.807) is 25.1 Å². The van der Waals surface area contributed by atoms with E-state index in [9.17, 15) is 9.59 Å². The van der Waals surface area contributed by atoms with Gasteiger partial charge in [0, 0.05) is 5.56 Å². The lowest BCUT2D eigenvalue weighted by atomic mass is 10.2. The predicted molar refractivity (Wildman–Crippen MR) is 106 cm³/mol. The van der Waals surface area contributed by atoms with Crippen molar-refractivity contribution in [2.24, 2.45) is 10.8 Å². The average Bonchev–Trinajstić information content (AvgIpc) is 3.14. The molecule has 0 saturated carbocycles. The molecule has 0 spiro atoms. The summed E-state index contributed by atoms with van der Waals surface area (Å²) in [4.78, 5) is 28.6. The van der Waals surface area contributed by atoms with Gasteiger partial charge in [0.1, 0.15) is 10.7 Å². The summed E-state index contributed by atoms with van der Waals surface area (Å²) < 4.78 is 17.2. The van der Waals surface area contributed by atoms with Gasteiger partial charge in [-0.15, -0.1) is 11.3 Å². The van der Waals surface area contributed by atoms with Crippen LogP contribution >= 0.6 is 11.3 Å². The Morgan fingerprint density at radius 3 is 2.61 bits per heavy atom. The fraction of sp³-hybridized carbons (Fsp3) is 0.222. The number of nitrogens with zero attached hydrogens (tertiary/aromatic N) is 3. The van der Waals surface area contributed by atoms with E-state index in [0.717, 1.165) is 0 Å². The zero-order chi connectivity index (χ0) is 20.3. The fourth-order valence-electron chi connectivity index (χ4n) is 2.53. The van der Waals surface area contributed by atoms with E-state index in [4.69, 9.17) is 19.9 Å². The minimum absolute atomic E-state index is 0.246. The Hall–Kier alpha value is -3.40. The first-order valence-corrected chi connectivity index (χ1v) is 9.01. The van der Waals surface area contributed by atoms with Crippen molar-refractivity contribution >= 4 is 33.7 Å². The van der Waals surface area contributed by atoms with Gasteiger partial charge in [0.15, 0.2) is 18.1 Å². The van der Waals surface area contributed by atoms with E-state index < -0.39 is 5.91 Å². The highest BCUT2D eigenvalue weighted by molar-refractivity contribution is 7.16. The van der Waals surface area contributed by atoms with Gasteiger partial charge in [-0.1, -0.05) is 0 Å². The first-order valence-electron chi connectivity index (χ1n) is 8.13. The predicted octanol–water partition coefficient (Wildman–Crippen LogP) is 1.53. The Morgan fingerprint density at radius 1 is 1.32 bits per heavy atom. The number of carbonyl (C=O) groups excluding carboxylic acids is 1. The van der Waals surface area contributed by atoms with E-state index in [0.29, 0.717) is 33.1 Å². The first kappa shape index (κ1) is 19.4. The van der Waals surface area contributed by atoms with Crippen molar-refractivity contribution in [1.82, 2.24) is 9.66 Å². The van der Waals surface area contributed by atoms with Crippen LogP contribution in [0, 0.1) is 6.92 Å². The Morgan fingerprint density at radius 2 is 2.00 bits per heavy atom. The van der Waals surface area contributed by atoms with E-state index in [1.165, 1.54) is 36.4 Å². The molecule has 0 aliphatic heterocycles. The van der Waals surface area contributed by atoms with Crippen LogP contribution in [0.3, 0.4) is 0 Å². The quantitative estimate of drug-likeness (QED) is 0.599. The Balaban J connectivity index is 2.00. The second kappa shape index (κ2) is 8.09. The van der Waals surface area contributed by atoms with Crippen molar-refractivity contribution in [2.75, 3.05) is 20.8 Å². The number of aryl methyl sites for hydroxylation is 1. The number of rotatable bonds is 7. The highest BCUT2D eigenvalue weighted by Crippen LogP contribution is 2.38. The van der Waals surface area contributed by atoms with Crippen LogP contribution in [0.2, 0.25) is 0 Å². The molecule has 0 unspecified atom stereocenters. The number of benzene rings is 1. The summed E-state index contributed by atoms with van der Waals surface area (Å²) >= 11 is 1.40. The van der Waals surface area contributed by atoms with E-state index in [-0.39, 0.29) is 17.9 Å². The summed E-state index contributed by atoms with van der Waals surface area (Å²) in [5.74, 6) is 0.753. The maximum atomic E-state index is 12.6. The summed E-state index contributed by atoms with van der Waals surface area (Å²) in [5, 5.41) is 6.58. The number of hydrogen-bond acceptors (Lipinski definition) is 8. The molecule has 0 aliphatic carbocycles. The lowest BCUT2D eigenvalue weighted by Gasteiger charge is -2.14. The Bertz CT molecular complexity index is 1090. The highest BCUT2D eigenvalue weighted by Gasteiger charge is 2.15. The molecule has 3 rings (SSSR count). The number of thiophene rings is 1. The molecule has 0 bridgehead atoms. The van der Waals surface area contributed by atoms with Crippen LogP contribution in [0.15, 0.2) is 33.5 Å². The zero-order valence-corrected chi connectivity index (χ0v) is 16.3. The molecule has 2 aromatic heterocycles. The summed E-state index contributed by atoms with van der Waals surface area (Å²) in [6.45, 7) is 1.39. The van der Waals surface area contributed by atoms with Crippen LogP contribution in [0.5, 0.6) is 17.2 Å². The van der Waals surface area contributed by atoms with Gasteiger partial charge in [-0.05, 0) is 30.5 Å². The second-order valence-corrected chi connectivity index (χ2v) is 6.56. The number of aromatic nitrogens is 2. The summed E-state index contributed by atoms with van der Waals surface area (Å²) in [5.41, 5.74) is 5.47.